The molecule has 0 saturated carbocycles. The molecule has 2 heterocycles. The fourth-order valence-electron chi connectivity index (χ4n) is 3.84. The van der Waals surface area contributed by atoms with Crippen molar-refractivity contribution in [2.45, 2.75) is 24.8 Å². The van der Waals surface area contributed by atoms with Crippen LogP contribution < -0.4 is 0 Å². The van der Waals surface area contributed by atoms with Gasteiger partial charge in [-0.05, 0) is 70.8 Å². The monoisotopic (exact) mass is 373 g/mol. The summed E-state index contributed by atoms with van der Waals surface area (Å²) in [6.07, 6.45) is 2.68. The SMILES string of the molecule is [125I]c1ccc([C@@H]2CN3CCC[C@@H]3c3ccccc32)cc1. The van der Waals surface area contributed by atoms with Crippen LogP contribution in [0.25, 0.3) is 0 Å². The predicted octanol–water partition coefficient (Wildman–Crippen LogP) is 4.57. The van der Waals surface area contributed by atoms with E-state index in [-0.39, 0.29) is 0 Å². The minimum atomic E-state index is 0.539. The van der Waals surface area contributed by atoms with Crippen LogP contribution in [-0.2, 0) is 0 Å². The van der Waals surface area contributed by atoms with Crippen molar-refractivity contribution < 1.29 is 0 Å². The lowest BCUT2D eigenvalue weighted by molar-refractivity contribution is 0.230. The topological polar surface area (TPSA) is 3.24 Å². The third-order valence-corrected chi connectivity index (χ3v) is 5.50. The van der Waals surface area contributed by atoms with Gasteiger partial charge in [-0.1, -0.05) is 36.4 Å². The van der Waals surface area contributed by atoms with E-state index < -0.39 is 0 Å². The second-order valence-electron chi connectivity index (χ2n) is 5.89. The summed E-state index contributed by atoms with van der Waals surface area (Å²) in [5.74, 6) is 0.539. The van der Waals surface area contributed by atoms with E-state index in [4.69, 9.17) is 0 Å². The molecule has 1 fully saturated rings. The summed E-state index contributed by atoms with van der Waals surface area (Å²) in [7, 11) is 0. The molecule has 102 valence electrons. The Morgan fingerprint density at radius 3 is 2.50 bits per heavy atom. The van der Waals surface area contributed by atoms with Gasteiger partial charge < -0.3 is 0 Å². The van der Waals surface area contributed by atoms with Crippen molar-refractivity contribution in [1.29, 1.82) is 0 Å². The van der Waals surface area contributed by atoms with Crippen molar-refractivity contribution >= 4 is 22.6 Å². The number of hydrogen-bond donors (Lipinski definition) is 0. The molecular formula is C18H18IN. The Kier molecular flexibility index (Phi) is 3.31. The van der Waals surface area contributed by atoms with Crippen molar-refractivity contribution in [2.75, 3.05) is 13.1 Å². The molecule has 2 aromatic rings. The van der Waals surface area contributed by atoms with Crippen molar-refractivity contribution in [1.82, 2.24) is 4.90 Å². The van der Waals surface area contributed by atoms with Gasteiger partial charge in [-0.3, -0.25) is 4.90 Å². The van der Waals surface area contributed by atoms with E-state index in [1.165, 1.54) is 35.1 Å². The van der Waals surface area contributed by atoms with Gasteiger partial charge in [0.25, 0.3) is 0 Å². The second-order valence-corrected chi connectivity index (χ2v) is 7.13. The van der Waals surface area contributed by atoms with Crippen LogP contribution in [0.4, 0.5) is 0 Å². The molecule has 0 aliphatic carbocycles. The van der Waals surface area contributed by atoms with Crippen molar-refractivity contribution in [2.24, 2.45) is 0 Å². The van der Waals surface area contributed by atoms with Crippen LogP contribution >= 0.6 is 22.6 Å². The van der Waals surface area contributed by atoms with Crippen LogP contribution in [0.3, 0.4) is 0 Å². The molecule has 2 aromatic carbocycles. The number of benzene rings is 2. The third-order valence-electron chi connectivity index (χ3n) is 4.78. The molecule has 4 rings (SSSR count). The highest BCUT2D eigenvalue weighted by atomic mass is 125. The van der Waals surface area contributed by atoms with Crippen LogP contribution in [0.1, 0.15) is 41.5 Å². The average Bonchev–Trinajstić information content (AvgIpc) is 2.96. The van der Waals surface area contributed by atoms with Crippen LogP contribution in [0.2, 0.25) is 0 Å². The Hall–Kier alpha value is -0.870. The first kappa shape index (κ1) is 12.8. The summed E-state index contributed by atoms with van der Waals surface area (Å²) < 4.78 is 1.31. The Balaban J connectivity index is 1.80. The summed E-state index contributed by atoms with van der Waals surface area (Å²) in [6.45, 7) is 2.45. The van der Waals surface area contributed by atoms with Gasteiger partial charge in [-0.15, -0.1) is 0 Å². The number of nitrogens with zero attached hydrogens (tertiary/aromatic N) is 1. The number of halogens is 1. The van der Waals surface area contributed by atoms with E-state index in [1.807, 2.05) is 0 Å². The predicted molar refractivity (Wildman–Crippen MR) is 91.0 cm³/mol. The molecule has 0 aromatic heterocycles. The largest absolute Gasteiger partial charge is 0.295 e. The molecule has 0 unspecified atom stereocenters. The first-order valence-corrected chi connectivity index (χ1v) is 8.49. The Morgan fingerprint density at radius 2 is 1.70 bits per heavy atom. The highest BCUT2D eigenvalue weighted by Gasteiger charge is 2.35. The van der Waals surface area contributed by atoms with Gasteiger partial charge in [-0.25, -0.2) is 0 Å². The Morgan fingerprint density at radius 1 is 0.950 bits per heavy atom. The van der Waals surface area contributed by atoms with E-state index in [0.29, 0.717) is 12.0 Å². The number of hydrogen-bond acceptors (Lipinski definition) is 1. The molecule has 2 aliphatic rings. The molecule has 0 spiro atoms. The van der Waals surface area contributed by atoms with E-state index in [1.54, 1.807) is 11.1 Å². The summed E-state index contributed by atoms with van der Waals surface area (Å²) in [5, 5.41) is 0. The fourth-order valence-corrected chi connectivity index (χ4v) is 4.20. The summed E-state index contributed by atoms with van der Waals surface area (Å²) >= 11 is 2.38. The van der Waals surface area contributed by atoms with Gasteiger partial charge in [-0.2, -0.15) is 0 Å². The first-order chi connectivity index (χ1) is 9.83. The fraction of sp³-hybridized carbons (Fsp3) is 0.333. The molecule has 0 N–H and O–H groups in total. The zero-order valence-electron chi connectivity index (χ0n) is 11.4. The van der Waals surface area contributed by atoms with Gasteiger partial charge in [0.2, 0.25) is 0 Å². The van der Waals surface area contributed by atoms with E-state index in [0.717, 1.165) is 0 Å². The lowest BCUT2D eigenvalue weighted by Crippen LogP contribution is -2.34. The number of fused-ring (bicyclic) bond motifs is 3. The van der Waals surface area contributed by atoms with Crippen LogP contribution in [0.5, 0.6) is 0 Å². The molecule has 2 aliphatic heterocycles. The molecule has 0 amide bonds. The zero-order chi connectivity index (χ0) is 13.5. The number of rotatable bonds is 1. The van der Waals surface area contributed by atoms with Gasteiger partial charge in [0.1, 0.15) is 0 Å². The lowest BCUT2D eigenvalue weighted by Gasteiger charge is -2.37. The minimum Gasteiger partial charge on any atom is -0.295 e. The summed E-state index contributed by atoms with van der Waals surface area (Å²) in [5.41, 5.74) is 4.58. The first-order valence-electron chi connectivity index (χ1n) is 7.41. The molecule has 20 heavy (non-hydrogen) atoms. The van der Waals surface area contributed by atoms with E-state index >= 15 is 0 Å². The molecular weight excluding hydrogens is 355 g/mol. The van der Waals surface area contributed by atoms with Crippen LogP contribution in [0.15, 0.2) is 48.5 Å². The van der Waals surface area contributed by atoms with Crippen LogP contribution in [0, 0.1) is 3.57 Å². The normalized spacial score (nSPS) is 25.2. The quantitative estimate of drug-likeness (QED) is 0.662. The van der Waals surface area contributed by atoms with Gasteiger partial charge in [0.05, 0.1) is 0 Å². The van der Waals surface area contributed by atoms with Crippen LogP contribution in [-0.4, -0.2) is 18.0 Å². The molecule has 2 atom stereocenters. The Bertz CT molecular complexity index is 620. The molecule has 1 nitrogen and oxygen atoms in total. The third kappa shape index (κ3) is 2.09. The maximum atomic E-state index is 2.69. The maximum absolute atomic E-state index is 2.69. The van der Waals surface area contributed by atoms with Crippen molar-refractivity contribution in [3.8, 4) is 0 Å². The molecule has 0 radical (unpaired) electrons. The van der Waals surface area contributed by atoms with Crippen molar-refractivity contribution in [3.63, 3.8) is 0 Å². The molecule has 1 saturated heterocycles. The zero-order valence-corrected chi connectivity index (χ0v) is 13.6. The molecule has 0 bridgehead atoms. The minimum absolute atomic E-state index is 0.539. The standard InChI is InChI=1S/C18H18IN/c19-14-9-7-13(8-10-14)17-12-20-11-3-6-18(20)16-5-2-1-4-15(16)17/h1-2,4-5,7-10,17-18H,3,6,11-12H2/t17-,18+/m0/s1/i19-2. The van der Waals surface area contributed by atoms with Gasteiger partial charge in [0.15, 0.2) is 0 Å². The average molecular weight is 373 g/mol. The Labute approximate surface area is 134 Å². The smallest absolute Gasteiger partial charge is 0.0351 e. The lowest BCUT2D eigenvalue weighted by atomic mass is 9.82. The second kappa shape index (κ2) is 5.15. The maximum Gasteiger partial charge on any atom is 0.0351 e. The van der Waals surface area contributed by atoms with E-state index in [9.17, 15) is 0 Å². The van der Waals surface area contributed by atoms with Gasteiger partial charge >= 0.3 is 0 Å². The van der Waals surface area contributed by atoms with Gasteiger partial charge in [0, 0.05) is 22.1 Å². The summed E-state index contributed by atoms with van der Waals surface area (Å²) in [6, 6.07) is 18.8. The highest BCUT2D eigenvalue weighted by molar-refractivity contribution is 14.1. The molecule has 2 heteroatoms. The van der Waals surface area contributed by atoms with E-state index in [2.05, 4.69) is 76.0 Å². The highest BCUT2D eigenvalue weighted by Crippen LogP contribution is 2.43. The van der Waals surface area contributed by atoms with Crippen molar-refractivity contribution in [3.05, 3.63) is 68.8 Å². The summed E-state index contributed by atoms with van der Waals surface area (Å²) in [4.78, 5) is 2.69.